The van der Waals surface area contributed by atoms with Gasteiger partial charge in [-0.2, -0.15) is 0 Å². The first-order chi connectivity index (χ1) is 8.75. The van der Waals surface area contributed by atoms with E-state index in [0.717, 1.165) is 26.0 Å². The molecular formula is C12H18N2O4. The van der Waals surface area contributed by atoms with Gasteiger partial charge in [0, 0.05) is 12.7 Å². The van der Waals surface area contributed by atoms with Gasteiger partial charge in [-0.25, -0.2) is 4.79 Å². The molecule has 1 aromatic heterocycles. The van der Waals surface area contributed by atoms with Crippen molar-refractivity contribution in [1.29, 1.82) is 0 Å². The Balaban J connectivity index is 1.63. The van der Waals surface area contributed by atoms with E-state index in [9.17, 15) is 4.79 Å². The number of carboxylic acids is 1. The topological polar surface area (TPSA) is 84.6 Å². The number of nitrogens with zero attached hydrogens (tertiary/aromatic N) is 1. The van der Waals surface area contributed by atoms with Crippen LogP contribution in [0.2, 0.25) is 0 Å². The second kappa shape index (κ2) is 6.51. The van der Waals surface area contributed by atoms with Gasteiger partial charge in [0.1, 0.15) is 0 Å². The van der Waals surface area contributed by atoms with Crippen LogP contribution in [0.3, 0.4) is 0 Å². The maximum absolute atomic E-state index is 10.6. The van der Waals surface area contributed by atoms with E-state index in [1.54, 1.807) is 0 Å². The summed E-state index contributed by atoms with van der Waals surface area (Å²) in [6.45, 7) is 2.19. The van der Waals surface area contributed by atoms with Gasteiger partial charge in [-0.3, -0.25) is 0 Å². The Morgan fingerprint density at radius 2 is 2.44 bits per heavy atom. The number of carbonyl (C=O) groups is 1. The zero-order chi connectivity index (χ0) is 12.8. The van der Waals surface area contributed by atoms with Crippen LogP contribution in [-0.2, 0) is 11.3 Å². The molecule has 1 aromatic rings. The summed E-state index contributed by atoms with van der Waals surface area (Å²) in [4.78, 5) is 10.6. The first-order valence-electron chi connectivity index (χ1n) is 6.27. The lowest BCUT2D eigenvalue weighted by atomic mass is 10.1. The average molecular weight is 254 g/mol. The van der Waals surface area contributed by atoms with Crippen LogP contribution in [-0.4, -0.2) is 35.5 Å². The van der Waals surface area contributed by atoms with E-state index in [-0.39, 0.29) is 5.69 Å². The molecular weight excluding hydrogens is 236 g/mol. The molecule has 100 valence electrons. The summed E-state index contributed by atoms with van der Waals surface area (Å²) in [5, 5.41) is 15.3. The molecule has 2 rings (SSSR count). The molecule has 2 heterocycles. The summed E-state index contributed by atoms with van der Waals surface area (Å²) in [6.07, 6.45) is 4.87. The number of hydrogen-bond acceptors (Lipinski definition) is 5. The Morgan fingerprint density at radius 1 is 1.56 bits per heavy atom. The Bertz CT molecular complexity index is 385. The summed E-state index contributed by atoms with van der Waals surface area (Å²) in [6, 6.07) is 1.44. The highest BCUT2D eigenvalue weighted by molar-refractivity contribution is 5.85. The fourth-order valence-corrected chi connectivity index (χ4v) is 2.01. The van der Waals surface area contributed by atoms with E-state index in [0.29, 0.717) is 18.4 Å². The van der Waals surface area contributed by atoms with Gasteiger partial charge in [-0.15, -0.1) is 0 Å². The summed E-state index contributed by atoms with van der Waals surface area (Å²) >= 11 is 0. The maximum Gasteiger partial charge on any atom is 0.358 e. The van der Waals surface area contributed by atoms with Crippen LogP contribution >= 0.6 is 0 Å². The highest BCUT2D eigenvalue weighted by Crippen LogP contribution is 2.14. The minimum Gasteiger partial charge on any atom is -0.476 e. The van der Waals surface area contributed by atoms with Crippen molar-refractivity contribution in [2.75, 3.05) is 13.2 Å². The zero-order valence-corrected chi connectivity index (χ0v) is 10.2. The molecule has 2 N–H and O–H groups in total. The molecule has 1 atom stereocenters. The monoisotopic (exact) mass is 254 g/mol. The van der Waals surface area contributed by atoms with Crippen molar-refractivity contribution in [3.8, 4) is 0 Å². The van der Waals surface area contributed by atoms with Gasteiger partial charge in [0.05, 0.1) is 12.6 Å². The molecule has 0 amide bonds. The Hall–Kier alpha value is -1.40. The van der Waals surface area contributed by atoms with E-state index in [4.69, 9.17) is 14.4 Å². The highest BCUT2D eigenvalue weighted by Gasteiger charge is 2.13. The number of carboxylic acid groups (broad SMARTS) is 1. The lowest BCUT2D eigenvalue weighted by Gasteiger charge is -2.22. The van der Waals surface area contributed by atoms with E-state index in [1.165, 1.54) is 18.9 Å². The fraction of sp³-hybridized carbons (Fsp3) is 0.667. The minimum atomic E-state index is -1.07. The quantitative estimate of drug-likeness (QED) is 0.747. The largest absolute Gasteiger partial charge is 0.476 e. The van der Waals surface area contributed by atoms with Crippen molar-refractivity contribution in [3.05, 3.63) is 17.5 Å². The first kappa shape index (κ1) is 13.0. The van der Waals surface area contributed by atoms with Crippen LogP contribution in [0.4, 0.5) is 0 Å². The first-order valence-corrected chi connectivity index (χ1v) is 6.27. The van der Waals surface area contributed by atoms with Gasteiger partial charge in [-0.1, -0.05) is 5.16 Å². The number of rotatable bonds is 6. The molecule has 1 aliphatic heterocycles. The second-order valence-electron chi connectivity index (χ2n) is 4.44. The van der Waals surface area contributed by atoms with Crippen molar-refractivity contribution in [2.24, 2.45) is 0 Å². The number of aromatic carboxylic acids is 1. The Labute approximate surface area is 105 Å². The minimum absolute atomic E-state index is 0.0533. The van der Waals surface area contributed by atoms with Gasteiger partial charge in [0.2, 0.25) is 0 Å². The van der Waals surface area contributed by atoms with E-state index in [2.05, 4.69) is 10.5 Å². The van der Waals surface area contributed by atoms with Crippen LogP contribution in [0, 0.1) is 0 Å². The summed E-state index contributed by atoms with van der Waals surface area (Å²) in [5.41, 5.74) is -0.0533. The lowest BCUT2D eigenvalue weighted by molar-refractivity contribution is 0.0114. The van der Waals surface area contributed by atoms with Crippen LogP contribution < -0.4 is 5.32 Å². The predicted molar refractivity (Wildman–Crippen MR) is 63.4 cm³/mol. The third kappa shape index (κ3) is 3.82. The van der Waals surface area contributed by atoms with Crippen LogP contribution in [0.1, 0.15) is 41.9 Å². The SMILES string of the molecule is O=C(O)c1cc(CNCCC2CCCCO2)on1. The summed E-state index contributed by atoms with van der Waals surface area (Å²) < 4.78 is 10.5. The third-order valence-electron chi connectivity index (χ3n) is 2.99. The number of nitrogens with one attached hydrogen (secondary N) is 1. The molecule has 6 heteroatoms. The van der Waals surface area contributed by atoms with Crippen LogP contribution in [0.15, 0.2) is 10.6 Å². The molecule has 0 saturated carbocycles. The average Bonchev–Trinajstić information content (AvgIpc) is 2.85. The predicted octanol–water partition coefficient (Wildman–Crippen LogP) is 1.42. The van der Waals surface area contributed by atoms with Gasteiger partial charge in [-0.05, 0) is 32.2 Å². The molecule has 6 nitrogen and oxygen atoms in total. The summed E-state index contributed by atoms with van der Waals surface area (Å²) in [7, 11) is 0. The van der Waals surface area contributed by atoms with Crippen molar-refractivity contribution < 1.29 is 19.2 Å². The normalized spacial score (nSPS) is 19.9. The highest BCUT2D eigenvalue weighted by atomic mass is 16.5. The van der Waals surface area contributed by atoms with Gasteiger partial charge in [0.15, 0.2) is 11.5 Å². The molecule has 0 radical (unpaired) electrons. The molecule has 0 aromatic carbocycles. The summed E-state index contributed by atoms with van der Waals surface area (Å²) in [5.74, 6) is -0.530. The lowest BCUT2D eigenvalue weighted by Crippen LogP contribution is -2.25. The van der Waals surface area contributed by atoms with Crippen molar-refractivity contribution >= 4 is 5.97 Å². The Morgan fingerprint density at radius 3 is 3.11 bits per heavy atom. The van der Waals surface area contributed by atoms with Crippen LogP contribution in [0.5, 0.6) is 0 Å². The van der Waals surface area contributed by atoms with E-state index < -0.39 is 5.97 Å². The number of ether oxygens (including phenoxy) is 1. The zero-order valence-electron chi connectivity index (χ0n) is 10.2. The third-order valence-corrected chi connectivity index (χ3v) is 2.99. The van der Waals surface area contributed by atoms with Crippen molar-refractivity contribution in [1.82, 2.24) is 10.5 Å². The van der Waals surface area contributed by atoms with Gasteiger partial charge >= 0.3 is 5.97 Å². The van der Waals surface area contributed by atoms with E-state index in [1.807, 2.05) is 0 Å². The number of aromatic nitrogens is 1. The molecule has 1 saturated heterocycles. The molecule has 0 bridgehead atoms. The molecule has 0 spiro atoms. The number of hydrogen-bond donors (Lipinski definition) is 2. The van der Waals surface area contributed by atoms with Crippen molar-refractivity contribution in [2.45, 2.75) is 38.3 Å². The van der Waals surface area contributed by atoms with Gasteiger partial charge < -0.3 is 19.7 Å². The standard InChI is InChI=1S/C12H18N2O4/c15-12(16)11-7-10(18-14-11)8-13-5-4-9-3-1-2-6-17-9/h7,9,13H,1-6,8H2,(H,15,16). The molecule has 18 heavy (non-hydrogen) atoms. The molecule has 1 aliphatic rings. The molecule has 0 aliphatic carbocycles. The van der Waals surface area contributed by atoms with E-state index >= 15 is 0 Å². The van der Waals surface area contributed by atoms with Crippen LogP contribution in [0.25, 0.3) is 0 Å². The maximum atomic E-state index is 10.6. The molecule has 1 fully saturated rings. The molecule has 1 unspecified atom stereocenters. The Kier molecular flexibility index (Phi) is 4.72. The van der Waals surface area contributed by atoms with Crippen molar-refractivity contribution in [3.63, 3.8) is 0 Å². The fourth-order valence-electron chi connectivity index (χ4n) is 2.01. The second-order valence-corrected chi connectivity index (χ2v) is 4.44. The smallest absolute Gasteiger partial charge is 0.358 e. The van der Waals surface area contributed by atoms with Gasteiger partial charge in [0.25, 0.3) is 0 Å².